The van der Waals surface area contributed by atoms with Crippen molar-refractivity contribution in [1.29, 1.82) is 0 Å². The quantitative estimate of drug-likeness (QED) is 0.701. The van der Waals surface area contributed by atoms with E-state index in [-0.39, 0.29) is 21.8 Å². The van der Waals surface area contributed by atoms with Crippen LogP contribution in [0.1, 0.15) is 51.4 Å². The smallest absolute Gasteiger partial charge is 0.264 e. The number of nitrogens with zero attached hydrogens (tertiary/aromatic N) is 1. The minimum atomic E-state index is -3.80. The molecule has 0 saturated carbocycles. The van der Waals surface area contributed by atoms with Crippen molar-refractivity contribution in [1.82, 2.24) is 5.32 Å². The minimum absolute atomic E-state index is 0.0673. The first-order chi connectivity index (χ1) is 13.8. The number of ether oxygens (including phenoxy) is 1. The molecule has 7 heteroatoms. The van der Waals surface area contributed by atoms with E-state index in [9.17, 15) is 13.2 Å². The molecule has 1 N–H and O–H groups in total. The predicted molar refractivity (Wildman–Crippen MR) is 121 cm³/mol. The van der Waals surface area contributed by atoms with Gasteiger partial charge in [0, 0.05) is 18.2 Å². The number of hydrogen-bond acceptors (Lipinski definition) is 4. The third-order valence-electron chi connectivity index (χ3n) is 4.62. The number of nitrogens with one attached hydrogen (secondary N) is 1. The van der Waals surface area contributed by atoms with E-state index in [2.05, 4.69) is 26.1 Å². The first kappa shape index (κ1) is 23.7. The van der Waals surface area contributed by atoms with Crippen LogP contribution in [0.15, 0.2) is 53.4 Å². The molecule has 0 unspecified atom stereocenters. The predicted octanol–water partition coefficient (Wildman–Crippen LogP) is 4.46. The Hall–Kier alpha value is -2.54. The van der Waals surface area contributed by atoms with Crippen LogP contribution in [0.2, 0.25) is 0 Å². The number of carbonyl (C=O) groups is 1. The van der Waals surface area contributed by atoms with Crippen molar-refractivity contribution in [3.05, 3.63) is 54.1 Å². The Bertz CT molecular complexity index is 991. The maximum Gasteiger partial charge on any atom is 0.264 e. The Balaban J connectivity index is 2.23. The molecule has 0 aliphatic rings. The lowest BCUT2D eigenvalue weighted by molar-refractivity contribution is 0.0891. The normalized spacial score (nSPS) is 12.4. The highest BCUT2D eigenvalue weighted by atomic mass is 32.2. The summed E-state index contributed by atoms with van der Waals surface area (Å²) < 4.78 is 32.5. The molecule has 0 bridgehead atoms. The van der Waals surface area contributed by atoms with Gasteiger partial charge in [0.25, 0.3) is 15.9 Å². The van der Waals surface area contributed by atoms with Crippen LogP contribution in [0.25, 0.3) is 0 Å². The topological polar surface area (TPSA) is 75.7 Å². The lowest BCUT2D eigenvalue weighted by Crippen LogP contribution is -2.45. The first-order valence-corrected chi connectivity index (χ1v) is 11.3. The summed E-state index contributed by atoms with van der Waals surface area (Å²) in [7, 11) is -0.836. The number of anilines is 1. The lowest BCUT2D eigenvalue weighted by atomic mass is 9.81. The fourth-order valence-electron chi connectivity index (χ4n) is 3.71. The van der Waals surface area contributed by atoms with Crippen LogP contribution in [-0.2, 0) is 10.0 Å². The molecule has 2 aromatic rings. The summed E-state index contributed by atoms with van der Waals surface area (Å²) >= 11 is 0. The summed E-state index contributed by atoms with van der Waals surface area (Å²) in [5, 5.41) is 3.04. The average Bonchev–Trinajstić information content (AvgIpc) is 2.65. The number of methoxy groups -OCH3 is 1. The van der Waals surface area contributed by atoms with E-state index >= 15 is 0 Å². The molecule has 164 valence electrons. The largest absolute Gasteiger partial charge is 0.495 e. The first-order valence-electron chi connectivity index (χ1n) is 9.81. The fourth-order valence-corrected chi connectivity index (χ4v) is 4.91. The van der Waals surface area contributed by atoms with Crippen LogP contribution < -0.4 is 14.4 Å². The van der Waals surface area contributed by atoms with Gasteiger partial charge in [-0.15, -0.1) is 0 Å². The van der Waals surface area contributed by atoms with Gasteiger partial charge in [0.15, 0.2) is 0 Å². The Morgan fingerprint density at radius 2 is 1.57 bits per heavy atom. The highest BCUT2D eigenvalue weighted by Gasteiger charge is 2.28. The Labute approximate surface area is 180 Å². The van der Waals surface area contributed by atoms with Crippen LogP contribution >= 0.6 is 0 Å². The van der Waals surface area contributed by atoms with Gasteiger partial charge in [-0.1, -0.05) is 32.9 Å². The molecule has 0 aliphatic heterocycles. The summed E-state index contributed by atoms with van der Waals surface area (Å²) in [6, 6.07) is 12.9. The number of rotatable bonds is 7. The third-order valence-corrected chi connectivity index (χ3v) is 6.41. The SMILES string of the molecule is COc1ccccc1N(C)S(=O)(=O)c1ccc(C(=O)NC(C)(C)CC(C)(C)C)cc1. The van der Waals surface area contributed by atoms with E-state index in [1.54, 1.807) is 24.3 Å². The van der Waals surface area contributed by atoms with Crippen LogP contribution in [-0.4, -0.2) is 34.0 Å². The molecule has 0 aromatic heterocycles. The van der Waals surface area contributed by atoms with Gasteiger partial charge in [-0.2, -0.15) is 0 Å². The lowest BCUT2D eigenvalue weighted by Gasteiger charge is -2.33. The highest BCUT2D eigenvalue weighted by Crippen LogP contribution is 2.31. The summed E-state index contributed by atoms with van der Waals surface area (Å²) in [6.45, 7) is 10.3. The zero-order chi connectivity index (χ0) is 22.7. The van der Waals surface area contributed by atoms with Gasteiger partial charge < -0.3 is 10.1 Å². The monoisotopic (exact) mass is 432 g/mol. The van der Waals surface area contributed by atoms with Crippen LogP contribution in [0.4, 0.5) is 5.69 Å². The van der Waals surface area contributed by atoms with Crippen molar-refractivity contribution >= 4 is 21.6 Å². The average molecular weight is 433 g/mol. The second kappa shape index (κ2) is 8.68. The van der Waals surface area contributed by atoms with Crippen molar-refractivity contribution < 1.29 is 17.9 Å². The molecule has 0 radical (unpaired) electrons. The molecule has 0 fully saturated rings. The van der Waals surface area contributed by atoms with Gasteiger partial charge in [-0.25, -0.2) is 8.42 Å². The fraction of sp³-hybridized carbons (Fsp3) is 0.435. The molecule has 2 rings (SSSR count). The Kier molecular flexibility index (Phi) is 6.87. The molecular formula is C23H32N2O4S. The van der Waals surface area contributed by atoms with Crippen molar-refractivity contribution in [2.24, 2.45) is 5.41 Å². The Morgan fingerprint density at radius 3 is 2.10 bits per heavy atom. The summed E-state index contributed by atoms with van der Waals surface area (Å²) in [5.74, 6) is 0.229. The van der Waals surface area contributed by atoms with E-state index in [1.807, 2.05) is 13.8 Å². The molecule has 1 amide bonds. The molecule has 6 nitrogen and oxygen atoms in total. The third kappa shape index (κ3) is 5.75. The van der Waals surface area contributed by atoms with E-state index in [1.165, 1.54) is 42.7 Å². The second-order valence-electron chi connectivity index (χ2n) is 9.24. The maximum absolute atomic E-state index is 13.0. The minimum Gasteiger partial charge on any atom is -0.495 e. The molecular weight excluding hydrogens is 400 g/mol. The van der Waals surface area contributed by atoms with Crippen LogP contribution in [0, 0.1) is 5.41 Å². The second-order valence-corrected chi connectivity index (χ2v) is 11.2. The molecule has 0 heterocycles. The summed E-state index contributed by atoms with van der Waals surface area (Å²) in [5.41, 5.74) is 0.531. The number of para-hydroxylation sites is 2. The summed E-state index contributed by atoms with van der Waals surface area (Å²) in [6.07, 6.45) is 0.807. The van der Waals surface area contributed by atoms with Gasteiger partial charge in [0.2, 0.25) is 0 Å². The van der Waals surface area contributed by atoms with E-state index in [4.69, 9.17) is 4.74 Å². The molecule has 0 atom stereocenters. The number of sulfonamides is 1. The zero-order valence-corrected chi connectivity index (χ0v) is 19.6. The van der Waals surface area contributed by atoms with Gasteiger partial charge in [-0.3, -0.25) is 9.10 Å². The Morgan fingerprint density at radius 1 is 1.00 bits per heavy atom. The number of amides is 1. The number of hydrogen-bond donors (Lipinski definition) is 1. The molecule has 2 aromatic carbocycles. The van der Waals surface area contributed by atoms with Crippen LogP contribution in [0.3, 0.4) is 0 Å². The maximum atomic E-state index is 13.0. The zero-order valence-electron chi connectivity index (χ0n) is 18.8. The van der Waals surface area contributed by atoms with Gasteiger partial charge in [-0.05, 0) is 62.1 Å². The van der Waals surface area contributed by atoms with Gasteiger partial charge in [0.1, 0.15) is 5.75 Å². The summed E-state index contributed by atoms with van der Waals surface area (Å²) in [4.78, 5) is 12.8. The molecule has 0 aliphatic carbocycles. The van der Waals surface area contributed by atoms with Crippen molar-refractivity contribution in [2.45, 2.75) is 51.5 Å². The van der Waals surface area contributed by atoms with E-state index < -0.39 is 10.0 Å². The van der Waals surface area contributed by atoms with Gasteiger partial charge in [0.05, 0.1) is 17.7 Å². The van der Waals surface area contributed by atoms with Crippen molar-refractivity contribution in [3.63, 3.8) is 0 Å². The van der Waals surface area contributed by atoms with Gasteiger partial charge >= 0.3 is 0 Å². The standard InChI is InChI=1S/C23H32N2O4S/c1-22(2,3)16-23(4,5)24-21(26)17-12-14-18(15-13-17)30(27,28)25(6)19-10-8-9-11-20(19)29-7/h8-15H,16H2,1-7H3,(H,24,26). The van der Waals surface area contributed by atoms with Crippen molar-refractivity contribution in [2.75, 3.05) is 18.5 Å². The number of carbonyl (C=O) groups excluding carboxylic acids is 1. The van der Waals surface area contributed by atoms with E-state index in [0.29, 0.717) is 17.0 Å². The molecule has 0 saturated heterocycles. The highest BCUT2D eigenvalue weighted by molar-refractivity contribution is 7.92. The number of benzene rings is 2. The van der Waals surface area contributed by atoms with Crippen LogP contribution in [0.5, 0.6) is 5.75 Å². The molecule has 30 heavy (non-hydrogen) atoms. The van der Waals surface area contributed by atoms with E-state index in [0.717, 1.165) is 6.42 Å². The molecule has 0 spiro atoms. The van der Waals surface area contributed by atoms with Crippen molar-refractivity contribution in [3.8, 4) is 5.75 Å².